The molecule has 7 aromatic carbocycles. The van der Waals surface area contributed by atoms with Crippen molar-refractivity contribution in [3.05, 3.63) is 164 Å². The molecule has 10 rings (SSSR count). The largest absolute Gasteiger partial charge is 0.455 e. The van der Waals surface area contributed by atoms with Gasteiger partial charge in [-0.1, -0.05) is 121 Å². The van der Waals surface area contributed by atoms with Crippen LogP contribution in [0, 0.1) is 0 Å². The Kier molecular flexibility index (Phi) is 5.84. The van der Waals surface area contributed by atoms with Crippen LogP contribution >= 0.6 is 0 Å². The van der Waals surface area contributed by atoms with E-state index < -0.39 is 0 Å². The molecule has 0 bridgehead atoms. The van der Waals surface area contributed by atoms with Crippen LogP contribution in [0.2, 0.25) is 0 Å². The van der Waals surface area contributed by atoms with Crippen molar-refractivity contribution in [2.24, 2.45) is 0 Å². The summed E-state index contributed by atoms with van der Waals surface area (Å²) in [7, 11) is 0. The van der Waals surface area contributed by atoms with Gasteiger partial charge >= 0.3 is 0 Å². The van der Waals surface area contributed by atoms with Crippen molar-refractivity contribution < 1.29 is 4.42 Å². The standard InChI is InChI=1S/C44H27N3O/c1-3-13-28(14-4-1)30-23-31(29-15-5-2-6-16-29)25-32(24-30)37-26-45-27-40(46-37)47-38-21-11-9-19-35(38)41-33-17-7-8-18-34(33)44-42(43(41)47)36-20-10-12-22-39(36)48-44/h1-27H. The number of benzene rings is 7. The molecule has 0 N–H and O–H groups in total. The molecule has 0 aliphatic rings. The van der Waals surface area contributed by atoms with Crippen LogP contribution in [-0.2, 0) is 0 Å². The van der Waals surface area contributed by atoms with Crippen LogP contribution in [0.25, 0.3) is 93.8 Å². The Balaban J connectivity index is 1.28. The summed E-state index contributed by atoms with van der Waals surface area (Å²) in [5, 5.41) is 6.77. The molecule has 3 heterocycles. The lowest BCUT2D eigenvalue weighted by atomic mass is 9.95. The first-order valence-corrected chi connectivity index (χ1v) is 16.2. The Morgan fingerprint density at radius 1 is 0.458 bits per heavy atom. The molecule has 0 atom stereocenters. The van der Waals surface area contributed by atoms with Gasteiger partial charge in [-0.25, -0.2) is 4.98 Å². The van der Waals surface area contributed by atoms with Crippen LogP contribution in [0.3, 0.4) is 0 Å². The van der Waals surface area contributed by atoms with Gasteiger partial charge in [-0.05, 0) is 58.0 Å². The highest BCUT2D eigenvalue weighted by Gasteiger charge is 2.23. The van der Waals surface area contributed by atoms with Gasteiger partial charge in [0, 0.05) is 27.1 Å². The van der Waals surface area contributed by atoms with E-state index in [1.165, 1.54) is 10.8 Å². The molecule has 4 heteroatoms. The van der Waals surface area contributed by atoms with E-state index in [2.05, 4.69) is 144 Å². The second kappa shape index (κ2) is 10.5. The molecule has 10 aromatic rings. The Morgan fingerprint density at radius 2 is 1.04 bits per heavy atom. The zero-order chi connectivity index (χ0) is 31.6. The normalized spacial score (nSPS) is 11.8. The first kappa shape index (κ1) is 26.7. The summed E-state index contributed by atoms with van der Waals surface area (Å²) < 4.78 is 8.89. The molecule has 0 unspecified atom stereocenters. The predicted molar refractivity (Wildman–Crippen MR) is 197 cm³/mol. The van der Waals surface area contributed by atoms with E-state index >= 15 is 0 Å². The molecule has 0 saturated carbocycles. The van der Waals surface area contributed by atoms with Gasteiger partial charge < -0.3 is 4.42 Å². The van der Waals surface area contributed by atoms with Gasteiger partial charge in [0.2, 0.25) is 0 Å². The van der Waals surface area contributed by atoms with Crippen LogP contribution in [0.15, 0.2) is 168 Å². The van der Waals surface area contributed by atoms with Crippen LogP contribution in [0.1, 0.15) is 0 Å². The Labute approximate surface area is 276 Å². The summed E-state index contributed by atoms with van der Waals surface area (Å²) in [6.45, 7) is 0. The first-order valence-electron chi connectivity index (χ1n) is 16.2. The van der Waals surface area contributed by atoms with Crippen LogP contribution < -0.4 is 0 Å². The maximum absolute atomic E-state index is 6.61. The third kappa shape index (κ3) is 4.03. The molecular formula is C44H27N3O. The topological polar surface area (TPSA) is 43.9 Å². The van der Waals surface area contributed by atoms with Crippen molar-refractivity contribution in [2.45, 2.75) is 0 Å². The van der Waals surface area contributed by atoms with E-state index in [4.69, 9.17) is 14.4 Å². The second-order valence-electron chi connectivity index (χ2n) is 12.2. The zero-order valence-corrected chi connectivity index (χ0v) is 25.8. The van der Waals surface area contributed by atoms with Gasteiger partial charge in [-0.2, -0.15) is 0 Å². The summed E-state index contributed by atoms with van der Waals surface area (Å²) in [4.78, 5) is 10.2. The number of furan rings is 1. The van der Waals surface area contributed by atoms with Gasteiger partial charge in [0.15, 0.2) is 5.82 Å². The summed E-state index contributed by atoms with van der Waals surface area (Å²) in [6, 6.07) is 53.2. The van der Waals surface area contributed by atoms with Crippen molar-refractivity contribution in [1.82, 2.24) is 14.5 Å². The molecule has 0 aliphatic carbocycles. The van der Waals surface area contributed by atoms with Gasteiger partial charge in [-0.15, -0.1) is 0 Å². The molecule has 0 fully saturated rings. The summed E-state index contributed by atoms with van der Waals surface area (Å²) >= 11 is 0. The molecule has 3 aromatic heterocycles. The number of fused-ring (bicyclic) bond motifs is 10. The highest BCUT2D eigenvalue weighted by molar-refractivity contribution is 6.35. The molecule has 48 heavy (non-hydrogen) atoms. The number of rotatable bonds is 4. The van der Waals surface area contributed by atoms with E-state index in [0.29, 0.717) is 0 Å². The minimum absolute atomic E-state index is 0.756. The van der Waals surface area contributed by atoms with E-state index in [-0.39, 0.29) is 0 Å². The van der Waals surface area contributed by atoms with Crippen molar-refractivity contribution >= 4 is 54.5 Å². The number of nitrogens with zero attached hydrogens (tertiary/aromatic N) is 3. The monoisotopic (exact) mass is 613 g/mol. The molecule has 0 radical (unpaired) electrons. The van der Waals surface area contributed by atoms with E-state index in [1.807, 2.05) is 24.5 Å². The molecular weight excluding hydrogens is 587 g/mol. The molecule has 0 spiro atoms. The van der Waals surface area contributed by atoms with Crippen molar-refractivity contribution in [2.75, 3.05) is 0 Å². The van der Waals surface area contributed by atoms with Crippen molar-refractivity contribution in [3.8, 4) is 39.3 Å². The maximum atomic E-state index is 6.61. The Bertz CT molecular complexity index is 2770. The molecule has 0 saturated heterocycles. The SMILES string of the molecule is c1ccc(-c2cc(-c3ccccc3)cc(-c3cncc(-n4c5ccccc5c5c6ccccc6c6oc7ccccc7c6c54)n3)c2)cc1. The Morgan fingerprint density at radius 3 is 1.77 bits per heavy atom. The van der Waals surface area contributed by atoms with Gasteiger partial charge in [0.05, 0.1) is 34.5 Å². The lowest BCUT2D eigenvalue weighted by Gasteiger charge is -2.13. The number of hydrogen-bond donors (Lipinski definition) is 0. The summed E-state index contributed by atoms with van der Waals surface area (Å²) in [5.41, 5.74) is 10.3. The highest BCUT2D eigenvalue weighted by Crippen LogP contribution is 2.45. The molecule has 0 amide bonds. The number of hydrogen-bond acceptors (Lipinski definition) is 3. The average Bonchev–Trinajstić information content (AvgIpc) is 3.72. The van der Waals surface area contributed by atoms with E-state index in [9.17, 15) is 0 Å². The van der Waals surface area contributed by atoms with Crippen LogP contribution in [-0.4, -0.2) is 14.5 Å². The minimum atomic E-state index is 0.756. The second-order valence-corrected chi connectivity index (χ2v) is 12.2. The first-order chi connectivity index (χ1) is 23.8. The zero-order valence-electron chi connectivity index (χ0n) is 25.8. The van der Waals surface area contributed by atoms with E-state index in [0.717, 1.165) is 83.1 Å². The minimum Gasteiger partial charge on any atom is -0.455 e. The van der Waals surface area contributed by atoms with Gasteiger partial charge in [0.25, 0.3) is 0 Å². The molecule has 224 valence electrons. The third-order valence-corrected chi connectivity index (χ3v) is 9.44. The fourth-order valence-corrected chi connectivity index (χ4v) is 7.33. The molecule has 0 aliphatic heterocycles. The van der Waals surface area contributed by atoms with Crippen molar-refractivity contribution in [1.29, 1.82) is 0 Å². The van der Waals surface area contributed by atoms with E-state index in [1.54, 1.807) is 0 Å². The Hall–Kier alpha value is -6.52. The summed E-state index contributed by atoms with van der Waals surface area (Å²) in [6.07, 6.45) is 3.74. The number of para-hydroxylation sites is 2. The lowest BCUT2D eigenvalue weighted by molar-refractivity contribution is 0.673. The number of aromatic nitrogens is 3. The van der Waals surface area contributed by atoms with Gasteiger partial charge in [-0.3, -0.25) is 9.55 Å². The summed E-state index contributed by atoms with van der Waals surface area (Å²) in [5.74, 6) is 0.756. The smallest absolute Gasteiger partial charge is 0.156 e. The molecule has 4 nitrogen and oxygen atoms in total. The van der Waals surface area contributed by atoms with Crippen LogP contribution in [0.5, 0.6) is 0 Å². The van der Waals surface area contributed by atoms with Crippen LogP contribution in [0.4, 0.5) is 0 Å². The third-order valence-electron chi connectivity index (χ3n) is 9.44. The van der Waals surface area contributed by atoms with Gasteiger partial charge in [0.1, 0.15) is 11.2 Å². The highest BCUT2D eigenvalue weighted by atomic mass is 16.3. The fourth-order valence-electron chi connectivity index (χ4n) is 7.33. The fraction of sp³-hybridized carbons (Fsp3) is 0. The van der Waals surface area contributed by atoms with Crippen molar-refractivity contribution in [3.63, 3.8) is 0 Å². The quantitative estimate of drug-likeness (QED) is 0.198. The lowest BCUT2D eigenvalue weighted by Crippen LogP contribution is -2.00. The predicted octanol–water partition coefficient (Wildman–Crippen LogP) is 11.6. The maximum Gasteiger partial charge on any atom is 0.156 e. The average molecular weight is 614 g/mol.